The van der Waals surface area contributed by atoms with Crippen LogP contribution in [0.4, 0.5) is 0 Å². The number of aromatic nitrogens is 3. The maximum Gasteiger partial charge on any atom is 0.258 e. The Balaban J connectivity index is 1.59. The van der Waals surface area contributed by atoms with Crippen LogP contribution in [0.1, 0.15) is 11.4 Å². The highest BCUT2D eigenvalue weighted by Crippen LogP contribution is 2.19. The fraction of sp³-hybridized carbons (Fsp3) is 0.143. The third-order valence-corrected chi connectivity index (χ3v) is 4.83. The van der Waals surface area contributed by atoms with Gasteiger partial charge in [-0.15, -0.1) is 0 Å². The molecule has 2 aromatic heterocycles. The van der Waals surface area contributed by atoms with Crippen LogP contribution in [0.5, 0.6) is 5.75 Å². The number of halogens is 1. The third kappa shape index (κ3) is 3.46. The second-order valence-electron chi connectivity index (χ2n) is 6.38. The van der Waals surface area contributed by atoms with E-state index in [1.807, 2.05) is 61.0 Å². The Kier molecular flexibility index (Phi) is 4.46. The van der Waals surface area contributed by atoms with Gasteiger partial charge >= 0.3 is 0 Å². The van der Waals surface area contributed by atoms with Crippen molar-refractivity contribution in [1.82, 2.24) is 14.1 Å². The number of aryl methyl sites for hydroxylation is 2. The van der Waals surface area contributed by atoms with Crippen LogP contribution in [0.2, 0.25) is 5.02 Å². The summed E-state index contributed by atoms with van der Waals surface area (Å²) in [5.74, 6) is 1.46. The number of pyridine rings is 1. The van der Waals surface area contributed by atoms with Crippen molar-refractivity contribution in [3.8, 4) is 11.4 Å². The Hall–Kier alpha value is -3.05. The lowest BCUT2D eigenvalue weighted by atomic mass is 10.2. The molecule has 0 spiro atoms. The molecule has 136 valence electrons. The summed E-state index contributed by atoms with van der Waals surface area (Å²) in [5.41, 5.74) is 3.52. The van der Waals surface area contributed by atoms with E-state index in [4.69, 9.17) is 16.3 Å². The van der Waals surface area contributed by atoms with Gasteiger partial charge in [-0.3, -0.25) is 9.36 Å². The third-order valence-electron chi connectivity index (χ3n) is 4.58. The first-order valence-electron chi connectivity index (χ1n) is 8.55. The molecule has 4 aromatic rings. The van der Waals surface area contributed by atoms with Gasteiger partial charge in [-0.2, -0.15) is 0 Å². The molecule has 27 heavy (non-hydrogen) atoms. The van der Waals surface area contributed by atoms with E-state index in [2.05, 4.69) is 4.98 Å². The van der Waals surface area contributed by atoms with Gasteiger partial charge in [-0.05, 0) is 48.9 Å². The molecular formula is C21H18ClN3O2. The minimum atomic E-state index is -0.151. The van der Waals surface area contributed by atoms with Crippen LogP contribution < -0.4 is 10.3 Å². The molecule has 2 heterocycles. The Morgan fingerprint density at radius 2 is 1.85 bits per heavy atom. The smallest absolute Gasteiger partial charge is 0.258 e. The van der Waals surface area contributed by atoms with E-state index in [1.165, 1.54) is 6.07 Å². The standard InChI is InChI=1S/C21H18ClN3O2/c1-14-23-19-8-7-17(11-20(19)24(14)2)25-10-9-18(12-21(25)26)27-13-15-3-5-16(22)6-4-15/h3-12H,13H2,1-2H3. The summed E-state index contributed by atoms with van der Waals surface area (Å²) in [6.45, 7) is 2.33. The van der Waals surface area contributed by atoms with Gasteiger partial charge in [0.1, 0.15) is 18.2 Å². The van der Waals surface area contributed by atoms with Crippen molar-refractivity contribution < 1.29 is 4.74 Å². The van der Waals surface area contributed by atoms with E-state index in [-0.39, 0.29) is 5.56 Å². The van der Waals surface area contributed by atoms with Gasteiger partial charge in [-0.1, -0.05) is 23.7 Å². The van der Waals surface area contributed by atoms with E-state index in [1.54, 1.807) is 16.8 Å². The number of ether oxygens (including phenoxy) is 1. The van der Waals surface area contributed by atoms with Crippen molar-refractivity contribution in [2.75, 3.05) is 0 Å². The molecule has 4 rings (SSSR count). The quantitative estimate of drug-likeness (QED) is 0.532. The molecule has 0 aliphatic carbocycles. The van der Waals surface area contributed by atoms with E-state index < -0.39 is 0 Å². The van der Waals surface area contributed by atoms with E-state index >= 15 is 0 Å². The zero-order valence-electron chi connectivity index (χ0n) is 15.0. The molecular weight excluding hydrogens is 362 g/mol. The lowest BCUT2D eigenvalue weighted by molar-refractivity contribution is 0.305. The maximum atomic E-state index is 12.6. The summed E-state index contributed by atoms with van der Waals surface area (Å²) in [5, 5.41) is 0.682. The first kappa shape index (κ1) is 17.4. The second-order valence-corrected chi connectivity index (χ2v) is 6.81. The lowest BCUT2D eigenvalue weighted by Crippen LogP contribution is -2.16. The number of nitrogens with zero attached hydrogens (tertiary/aromatic N) is 3. The summed E-state index contributed by atoms with van der Waals surface area (Å²) in [6, 6.07) is 16.5. The molecule has 0 bridgehead atoms. The fourth-order valence-corrected chi connectivity index (χ4v) is 3.09. The first-order valence-corrected chi connectivity index (χ1v) is 8.92. The highest BCUT2D eigenvalue weighted by atomic mass is 35.5. The molecule has 0 aliphatic rings. The SMILES string of the molecule is Cc1nc2ccc(-n3ccc(OCc4ccc(Cl)cc4)cc3=O)cc2n1C. The molecule has 0 aliphatic heterocycles. The predicted molar refractivity (Wildman–Crippen MR) is 107 cm³/mol. The zero-order chi connectivity index (χ0) is 19.0. The number of imidazole rings is 1. The summed E-state index contributed by atoms with van der Waals surface area (Å²) < 4.78 is 9.33. The van der Waals surface area contributed by atoms with Gasteiger partial charge in [-0.25, -0.2) is 4.98 Å². The molecule has 6 heteroatoms. The van der Waals surface area contributed by atoms with Gasteiger partial charge in [0.05, 0.1) is 16.7 Å². The molecule has 0 N–H and O–H groups in total. The molecule has 0 saturated carbocycles. The van der Waals surface area contributed by atoms with E-state index in [0.717, 1.165) is 28.1 Å². The monoisotopic (exact) mass is 379 g/mol. The van der Waals surface area contributed by atoms with Gasteiger partial charge in [0.15, 0.2) is 0 Å². The van der Waals surface area contributed by atoms with Gasteiger partial charge in [0, 0.05) is 24.3 Å². The van der Waals surface area contributed by atoms with Crippen LogP contribution in [-0.2, 0) is 13.7 Å². The van der Waals surface area contributed by atoms with Crippen molar-refractivity contribution in [2.24, 2.45) is 7.05 Å². The number of hydrogen-bond donors (Lipinski definition) is 0. The Bertz CT molecular complexity index is 1180. The van der Waals surface area contributed by atoms with Crippen LogP contribution in [0.25, 0.3) is 16.7 Å². The number of rotatable bonds is 4. The normalized spacial score (nSPS) is 11.1. The number of hydrogen-bond acceptors (Lipinski definition) is 3. The Morgan fingerprint density at radius 3 is 2.59 bits per heavy atom. The highest BCUT2D eigenvalue weighted by Gasteiger charge is 2.08. The predicted octanol–water partition coefficient (Wildman–Crippen LogP) is 4.27. The minimum absolute atomic E-state index is 0.151. The van der Waals surface area contributed by atoms with Crippen LogP contribution in [0, 0.1) is 6.92 Å². The maximum absolute atomic E-state index is 12.6. The van der Waals surface area contributed by atoms with Crippen molar-refractivity contribution in [3.05, 3.63) is 87.6 Å². The van der Waals surface area contributed by atoms with Crippen molar-refractivity contribution in [1.29, 1.82) is 0 Å². The van der Waals surface area contributed by atoms with Gasteiger partial charge < -0.3 is 9.30 Å². The van der Waals surface area contributed by atoms with E-state index in [0.29, 0.717) is 17.4 Å². The zero-order valence-corrected chi connectivity index (χ0v) is 15.8. The summed E-state index contributed by atoms with van der Waals surface area (Å²) >= 11 is 5.88. The van der Waals surface area contributed by atoms with Gasteiger partial charge in [0.25, 0.3) is 5.56 Å². The van der Waals surface area contributed by atoms with Crippen LogP contribution in [0.15, 0.2) is 65.6 Å². The molecule has 0 saturated heterocycles. The number of fused-ring (bicyclic) bond motifs is 1. The van der Waals surface area contributed by atoms with Crippen molar-refractivity contribution >= 4 is 22.6 Å². The van der Waals surface area contributed by atoms with Crippen molar-refractivity contribution in [3.63, 3.8) is 0 Å². The molecule has 0 radical (unpaired) electrons. The molecule has 0 fully saturated rings. The van der Waals surface area contributed by atoms with Crippen LogP contribution >= 0.6 is 11.6 Å². The van der Waals surface area contributed by atoms with Crippen LogP contribution in [0.3, 0.4) is 0 Å². The average molecular weight is 380 g/mol. The first-order chi connectivity index (χ1) is 13.0. The largest absolute Gasteiger partial charge is 0.489 e. The molecule has 0 unspecified atom stereocenters. The van der Waals surface area contributed by atoms with Gasteiger partial charge in [0.2, 0.25) is 0 Å². The topological polar surface area (TPSA) is 49.1 Å². The lowest BCUT2D eigenvalue weighted by Gasteiger charge is -2.09. The van der Waals surface area contributed by atoms with E-state index in [9.17, 15) is 4.79 Å². The second kappa shape index (κ2) is 6.93. The molecule has 2 aromatic carbocycles. The molecule has 5 nitrogen and oxygen atoms in total. The molecule has 0 atom stereocenters. The molecule has 0 amide bonds. The Morgan fingerprint density at radius 1 is 1.07 bits per heavy atom. The average Bonchev–Trinajstić information content (AvgIpc) is 2.95. The van der Waals surface area contributed by atoms with Crippen molar-refractivity contribution in [2.45, 2.75) is 13.5 Å². The summed E-state index contributed by atoms with van der Waals surface area (Å²) in [7, 11) is 1.96. The summed E-state index contributed by atoms with van der Waals surface area (Å²) in [4.78, 5) is 17.1. The highest BCUT2D eigenvalue weighted by molar-refractivity contribution is 6.30. The minimum Gasteiger partial charge on any atom is -0.489 e. The number of benzene rings is 2. The fourth-order valence-electron chi connectivity index (χ4n) is 2.96. The Labute approximate surface area is 161 Å². The summed E-state index contributed by atoms with van der Waals surface area (Å²) in [6.07, 6.45) is 1.73. The van der Waals surface area contributed by atoms with Crippen LogP contribution in [-0.4, -0.2) is 14.1 Å².